The predicted molar refractivity (Wildman–Crippen MR) is 100 cm³/mol. The summed E-state index contributed by atoms with van der Waals surface area (Å²) >= 11 is 0. The zero-order valence-corrected chi connectivity index (χ0v) is 14.2. The van der Waals surface area contributed by atoms with Crippen LogP contribution in [-0.4, -0.2) is 31.0 Å². The number of methoxy groups -OCH3 is 1. The van der Waals surface area contributed by atoms with Gasteiger partial charge in [-0.3, -0.25) is 4.79 Å². The van der Waals surface area contributed by atoms with Crippen LogP contribution in [0, 0.1) is 0 Å². The molecule has 0 unspecified atom stereocenters. The molecular weight excluding hydrogens is 332 g/mol. The summed E-state index contributed by atoms with van der Waals surface area (Å²) in [4.78, 5) is 12.3. The third kappa shape index (κ3) is 3.92. The molecular formula is C20H18N2O4. The van der Waals surface area contributed by atoms with Crippen LogP contribution in [0.2, 0.25) is 0 Å². The largest absolute Gasteiger partial charge is 0.493 e. The van der Waals surface area contributed by atoms with E-state index < -0.39 is 0 Å². The summed E-state index contributed by atoms with van der Waals surface area (Å²) < 4.78 is 10.8. The average Bonchev–Trinajstić information content (AvgIpc) is 2.67. The topological polar surface area (TPSA) is 80.2 Å². The number of hydrogen-bond acceptors (Lipinski definition) is 5. The number of fused-ring (bicyclic) bond motifs is 1. The normalized spacial score (nSPS) is 10.8. The highest BCUT2D eigenvalue weighted by Gasteiger charge is 2.10. The van der Waals surface area contributed by atoms with Crippen LogP contribution in [0.4, 0.5) is 5.69 Å². The Morgan fingerprint density at radius 3 is 2.73 bits per heavy atom. The van der Waals surface area contributed by atoms with Gasteiger partial charge in [0.2, 0.25) is 0 Å². The van der Waals surface area contributed by atoms with Crippen LogP contribution in [-0.2, 0) is 4.79 Å². The number of nitrogens with zero attached hydrogens (tertiary/aromatic N) is 1. The molecule has 26 heavy (non-hydrogen) atoms. The molecule has 0 aliphatic rings. The lowest BCUT2D eigenvalue weighted by molar-refractivity contribution is -0.118. The molecule has 3 aromatic carbocycles. The van der Waals surface area contributed by atoms with E-state index in [-0.39, 0.29) is 12.5 Å². The summed E-state index contributed by atoms with van der Waals surface area (Å²) in [5.41, 5.74) is 1.38. The van der Waals surface area contributed by atoms with Crippen LogP contribution in [0.1, 0.15) is 5.56 Å². The van der Waals surface area contributed by atoms with E-state index in [2.05, 4.69) is 10.5 Å². The summed E-state index contributed by atoms with van der Waals surface area (Å²) in [7, 11) is 1.50. The van der Waals surface area contributed by atoms with E-state index in [9.17, 15) is 4.79 Å². The van der Waals surface area contributed by atoms with Gasteiger partial charge in [0.1, 0.15) is 0 Å². The first-order valence-electron chi connectivity index (χ1n) is 7.97. The zero-order chi connectivity index (χ0) is 18.4. The van der Waals surface area contributed by atoms with E-state index in [4.69, 9.17) is 14.7 Å². The van der Waals surface area contributed by atoms with Gasteiger partial charge in [0.05, 0.1) is 13.3 Å². The van der Waals surface area contributed by atoms with Crippen molar-refractivity contribution >= 4 is 28.6 Å². The lowest BCUT2D eigenvalue weighted by Crippen LogP contribution is -2.20. The quantitative estimate of drug-likeness (QED) is 0.404. The van der Waals surface area contributed by atoms with Crippen molar-refractivity contribution in [3.63, 3.8) is 0 Å². The Morgan fingerprint density at radius 2 is 1.92 bits per heavy atom. The number of carbonyl (C=O) groups is 1. The molecule has 0 aliphatic heterocycles. The third-order valence-electron chi connectivity index (χ3n) is 3.82. The van der Waals surface area contributed by atoms with Gasteiger partial charge in [-0.1, -0.05) is 41.6 Å². The van der Waals surface area contributed by atoms with Gasteiger partial charge in [-0.2, -0.15) is 0 Å². The minimum atomic E-state index is -0.274. The van der Waals surface area contributed by atoms with Gasteiger partial charge < -0.3 is 20.0 Å². The fourth-order valence-electron chi connectivity index (χ4n) is 2.61. The van der Waals surface area contributed by atoms with E-state index in [0.717, 1.165) is 16.5 Å². The second-order valence-corrected chi connectivity index (χ2v) is 5.52. The van der Waals surface area contributed by atoms with Crippen molar-refractivity contribution in [2.75, 3.05) is 19.0 Å². The van der Waals surface area contributed by atoms with Gasteiger partial charge in [0.15, 0.2) is 18.1 Å². The van der Waals surface area contributed by atoms with Crippen LogP contribution in [0.25, 0.3) is 10.8 Å². The van der Waals surface area contributed by atoms with Crippen LogP contribution >= 0.6 is 0 Å². The number of carbonyl (C=O) groups excluding carboxylic acids is 1. The molecule has 0 heterocycles. The predicted octanol–water partition coefficient (Wildman–Crippen LogP) is 3.67. The van der Waals surface area contributed by atoms with Crippen LogP contribution in [0.15, 0.2) is 65.8 Å². The van der Waals surface area contributed by atoms with E-state index >= 15 is 0 Å². The standard InChI is InChI=1S/C20H18N2O4/c1-25-19-11-14(12-21-24)9-10-18(19)26-13-20(23)22-17-8-4-6-15-5-2-3-7-16(15)17/h2-12,24H,13H2,1H3,(H,22,23). The van der Waals surface area contributed by atoms with Crippen molar-refractivity contribution < 1.29 is 19.5 Å². The van der Waals surface area contributed by atoms with Crippen LogP contribution < -0.4 is 14.8 Å². The number of ether oxygens (including phenoxy) is 2. The highest BCUT2D eigenvalue weighted by molar-refractivity contribution is 6.02. The first-order chi connectivity index (χ1) is 12.7. The number of rotatable bonds is 6. The molecule has 1 amide bonds. The second-order valence-electron chi connectivity index (χ2n) is 5.52. The van der Waals surface area contributed by atoms with Crippen molar-refractivity contribution in [2.45, 2.75) is 0 Å². The highest BCUT2D eigenvalue weighted by atomic mass is 16.5. The number of oxime groups is 1. The Bertz CT molecular complexity index is 948. The Balaban J connectivity index is 1.69. The van der Waals surface area contributed by atoms with Crippen molar-refractivity contribution in [1.29, 1.82) is 0 Å². The number of amides is 1. The smallest absolute Gasteiger partial charge is 0.262 e. The van der Waals surface area contributed by atoms with Gasteiger partial charge in [-0.15, -0.1) is 0 Å². The van der Waals surface area contributed by atoms with Crippen LogP contribution in [0.3, 0.4) is 0 Å². The molecule has 0 fully saturated rings. The van der Waals surface area contributed by atoms with Gasteiger partial charge in [0.25, 0.3) is 5.91 Å². The molecule has 2 N–H and O–H groups in total. The van der Waals surface area contributed by atoms with Crippen molar-refractivity contribution in [3.05, 3.63) is 66.2 Å². The monoisotopic (exact) mass is 350 g/mol. The molecule has 0 saturated heterocycles. The lowest BCUT2D eigenvalue weighted by Gasteiger charge is -2.12. The Morgan fingerprint density at radius 1 is 1.12 bits per heavy atom. The summed E-state index contributed by atoms with van der Waals surface area (Å²) in [5.74, 6) is 0.598. The van der Waals surface area contributed by atoms with E-state index in [1.807, 2.05) is 42.5 Å². The minimum absolute atomic E-state index is 0.160. The number of benzene rings is 3. The molecule has 0 atom stereocenters. The van der Waals surface area contributed by atoms with E-state index in [1.165, 1.54) is 13.3 Å². The van der Waals surface area contributed by atoms with Crippen molar-refractivity contribution in [3.8, 4) is 11.5 Å². The summed E-state index contributed by atoms with van der Waals surface area (Å²) in [6.07, 6.45) is 1.28. The highest BCUT2D eigenvalue weighted by Crippen LogP contribution is 2.28. The SMILES string of the molecule is COc1cc(C=NO)ccc1OCC(=O)Nc1cccc2ccccc12. The van der Waals surface area contributed by atoms with E-state index in [0.29, 0.717) is 17.1 Å². The molecule has 0 radical (unpaired) electrons. The maximum absolute atomic E-state index is 12.3. The molecule has 3 rings (SSSR count). The molecule has 6 heteroatoms. The van der Waals surface area contributed by atoms with Gasteiger partial charge in [-0.25, -0.2) is 0 Å². The average molecular weight is 350 g/mol. The summed E-state index contributed by atoms with van der Waals surface area (Å²) in [6.45, 7) is -0.160. The second kappa shape index (κ2) is 8.02. The molecule has 3 aromatic rings. The summed E-state index contributed by atoms with van der Waals surface area (Å²) in [5, 5.41) is 16.4. The number of anilines is 1. The van der Waals surface area contributed by atoms with E-state index in [1.54, 1.807) is 18.2 Å². The lowest BCUT2D eigenvalue weighted by atomic mass is 10.1. The fraction of sp³-hybridized carbons (Fsp3) is 0.100. The fourth-order valence-corrected chi connectivity index (χ4v) is 2.61. The zero-order valence-electron chi connectivity index (χ0n) is 14.2. The first-order valence-corrected chi connectivity index (χ1v) is 7.97. The molecule has 0 spiro atoms. The van der Waals surface area contributed by atoms with Crippen LogP contribution in [0.5, 0.6) is 11.5 Å². The van der Waals surface area contributed by atoms with Crippen molar-refractivity contribution in [1.82, 2.24) is 0 Å². The summed E-state index contributed by atoms with van der Waals surface area (Å²) in [6, 6.07) is 18.6. The van der Waals surface area contributed by atoms with Crippen molar-refractivity contribution in [2.24, 2.45) is 5.16 Å². The Labute approximate surface area is 150 Å². The van der Waals surface area contributed by atoms with Gasteiger partial charge in [0, 0.05) is 16.6 Å². The molecule has 0 bridgehead atoms. The maximum atomic E-state index is 12.3. The van der Waals surface area contributed by atoms with Gasteiger partial charge >= 0.3 is 0 Å². The first kappa shape index (κ1) is 17.3. The number of hydrogen-bond donors (Lipinski definition) is 2. The Kier molecular flexibility index (Phi) is 5.34. The minimum Gasteiger partial charge on any atom is -0.493 e. The molecule has 6 nitrogen and oxygen atoms in total. The molecule has 0 saturated carbocycles. The molecule has 0 aromatic heterocycles. The molecule has 0 aliphatic carbocycles. The van der Waals surface area contributed by atoms with Gasteiger partial charge in [-0.05, 0) is 29.7 Å². The molecule has 132 valence electrons. The Hall–Kier alpha value is -3.54. The number of nitrogens with one attached hydrogen (secondary N) is 1. The maximum Gasteiger partial charge on any atom is 0.262 e. The third-order valence-corrected chi connectivity index (χ3v) is 3.82.